The van der Waals surface area contributed by atoms with Gasteiger partial charge in [0, 0.05) is 47.1 Å². The lowest BCUT2D eigenvalue weighted by Crippen LogP contribution is -2.26. The lowest BCUT2D eigenvalue weighted by molar-refractivity contribution is -0.132. The first-order valence-electron chi connectivity index (χ1n) is 25.8. The molecule has 2 N–H and O–H groups in total. The second-order valence-corrected chi connectivity index (χ2v) is 21.9. The molecule has 2 aromatic heterocycles. The third-order valence-electron chi connectivity index (χ3n) is 15.4. The monoisotopic (exact) mass is 970 g/mol. The maximum Gasteiger partial charge on any atom is 0.346 e. The van der Waals surface area contributed by atoms with E-state index < -0.39 is 5.97 Å². The average molecular weight is 971 g/mol. The highest BCUT2D eigenvalue weighted by Crippen LogP contribution is 2.58. The Morgan fingerprint density at radius 1 is 0.549 bits per heavy atom. The zero-order chi connectivity index (χ0) is 49.3. The predicted octanol–water partition coefficient (Wildman–Crippen LogP) is 18.8. The van der Waals surface area contributed by atoms with E-state index in [1.165, 1.54) is 61.9 Å². The lowest BCUT2D eigenvalue weighted by atomic mass is 9.70. The van der Waals surface area contributed by atoms with E-state index in [0.717, 1.165) is 125 Å². The molecule has 0 atom stereocenters. The number of nitrogens with zero attached hydrogens (tertiary/aromatic N) is 2. The summed E-state index contributed by atoms with van der Waals surface area (Å²) in [6.07, 6.45) is 15.1. The predicted molar refractivity (Wildman–Crippen MR) is 299 cm³/mol. The van der Waals surface area contributed by atoms with Crippen LogP contribution in [0.25, 0.3) is 59.3 Å². The number of aromatic hydroxyl groups is 1. The fourth-order valence-corrected chi connectivity index (χ4v) is 14.1. The number of hydrogen-bond acceptors (Lipinski definition) is 6. The number of unbranched alkanes of at least 4 members (excludes halogenated alkanes) is 4. The minimum absolute atomic E-state index is 0.0862. The summed E-state index contributed by atoms with van der Waals surface area (Å²) < 4.78 is 0. The van der Waals surface area contributed by atoms with Crippen LogP contribution >= 0.6 is 22.7 Å². The first-order valence-corrected chi connectivity index (χ1v) is 27.4. The molecule has 2 aliphatic carbocycles. The number of nitriles is 1. The number of hydrogen-bond donors (Lipinski definition) is 2. The third-order valence-corrected chi connectivity index (χ3v) is 17.8. The molecule has 7 heteroatoms. The standard InChI is InChI=1S/C64H62N2O3S2/c1-5-9-33-63(34-10-6-2)54-19-15-13-17-47(54)49-25-21-43(38-56(49)63)66(44-22-26-50-48-18-14-16-20-55(48)64(35-11-7-3,36-12-8-4)57(50)39-44)58-29-28-52(53-40-45(67)23-27-51(53)58)59-31-32-61(71-59)60-30-24-46(70-60)37-42(41-65)62(68)69/h13-32,37-40,67H,5-12,33-36H2,1-4H3,(H,68,69). The molecule has 0 aliphatic heterocycles. The van der Waals surface area contributed by atoms with E-state index in [9.17, 15) is 20.3 Å². The van der Waals surface area contributed by atoms with E-state index in [-0.39, 0.29) is 22.2 Å². The summed E-state index contributed by atoms with van der Waals surface area (Å²) in [7, 11) is 0. The molecule has 0 fully saturated rings. The Kier molecular flexibility index (Phi) is 13.6. The molecule has 0 spiro atoms. The van der Waals surface area contributed by atoms with Gasteiger partial charge in [-0.2, -0.15) is 5.26 Å². The van der Waals surface area contributed by atoms with Gasteiger partial charge in [-0.3, -0.25) is 0 Å². The molecule has 5 nitrogen and oxygen atoms in total. The van der Waals surface area contributed by atoms with Crippen LogP contribution in [-0.4, -0.2) is 16.2 Å². The highest BCUT2D eigenvalue weighted by Gasteiger charge is 2.44. The number of phenolic OH excluding ortho intramolecular Hbond substituents is 1. The molecular weight excluding hydrogens is 909 g/mol. The van der Waals surface area contributed by atoms with Gasteiger partial charge in [-0.25, -0.2) is 4.79 Å². The van der Waals surface area contributed by atoms with Crippen LogP contribution in [0.15, 0.2) is 145 Å². The zero-order valence-electron chi connectivity index (χ0n) is 41.4. The Balaban J connectivity index is 1.18. The molecule has 0 bridgehead atoms. The first kappa shape index (κ1) is 47.9. The van der Waals surface area contributed by atoms with Crippen LogP contribution in [0.1, 0.15) is 132 Å². The van der Waals surface area contributed by atoms with Gasteiger partial charge in [-0.05, 0) is 160 Å². The second-order valence-electron chi connectivity index (χ2n) is 19.7. The van der Waals surface area contributed by atoms with Crippen molar-refractivity contribution >= 4 is 62.6 Å². The van der Waals surface area contributed by atoms with Gasteiger partial charge in [0.25, 0.3) is 0 Å². The number of fused-ring (bicyclic) bond motifs is 7. The topological polar surface area (TPSA) is 84.6 Å². The molecular formula is C64H62N2O3S2. The Bertz CT molecular complexity index is 3230. The van der Waals surface area contributed by atoms with Crippen LogP contribution < -0.4 is 4.90 Å². The number of rotatable bonds is 19. The van der Waals surface area contributed by atoms with Crippen molar-refractivity contribution in [3.8, 4) is 54.3 Å². The third kappa shape index (κ3) is 8.49. The summed E-state index contributed by atoms with van der Waals surface area (Å²) in [5.41, 5.74) is 15.1. The SMILES string of the molecule is CCCCC1(CCCC)c2ccccc2-c2ccc(N(c3ccc4c(c3)C(CCCC)(CCCC)c3ccccc3-4)c3ccc(-c4ccc(-c5ccc(C=C(C#N)C(=O)O)s5)s4)c4cc(O)ccc34)cc21. The highest BCUT2D eigenvalue weighted by atomic mass is 32.1. The maximum absolute atomic E-state index is 11.6. The van der Waals surface area contributed by atoms with Crippen LogP contribution in [0.5, 0.6) is 5.75 Å². The van der Waals surface area contributed by atoms with Crippen molar-refractivity contribution in [3.05, 3.63) is 172 Å². The van der Waals surface area contributed by atoms with E-state index in [1.54, 1.807) is 17.4 Å². The van der Waals surface area contributed by atoms with E-state index in [1.807, 2.05) is 24.3 Å². The number of thiophene rings is 2. The molecule has 0 unspecified atom stereocenters. The van der Waals surface area contributed by atoms with Gasteiger partial charge in [0.05, 0.1) is 5.69 Å². The minimum Gasteiger partial charge on any atom is -0.508 e. The van der Waals surface area contributed by atoms with E-state index in [0.29, 0.717) is 4.88 Å². The van der Waals surface area contributed by atoms with Crippen molar-refractivity contribution in [2.45, 2.75) is 116 Å². The van der Waals surface area contributed by atoms with Crippen LogP contribution in [0, 0.1) is 11.3 Å². The van der Waals surface area contributed by atoms with Crippen LogP contribution in [0.2, 0.25) is 0 Å². The summed E-state index contributed by atoms with van der Waals surface area (Å²) in [5, 5.41) is 32.1. The number of carboxylic acids is 1. The fraction of sp³-hybridized carbons (Fsp3) is 0.281. The number of phenols is 1. The molecule has 0 saturated carbocycles. The molecule has 0 amide bonds. The number of benzene rings is 6. The highest BCUT2D eigenvalue weighted by molar-refractivity contribution is 7.24. The van der Waals surface area contributed by atoms with Crippen molar-refractivity contribution in [2.75, 3.05) is 4.90 Å². The molecule has 2 heterocycles. The average Bonchev–Trinajstić information content (AvgIpc) is 4.19. The van der Waals surface area contributed by atoms with Crippen molar-refractivity contribution in [2.24, 2.45) is 0 Å². The van der Waals surface area contributed by atoms with Crippen LogP contribution in [0.3, 0.4) is 0 Å². The Hall–Kier alpha value is -6.72. The first-order chi connectivity index (χ1) is 34.7. The Morgan fingerprint density at radius 3 is 1.58 bits per heavy atom. The van der Waals surface area contributed by atoms with Gasteiger partial charge < -0.3 is 15.1 Å². The smallest absolute Gasteiger partial charge is 0.346 e. The van der Waals surface area contributed by atoms with Gasteiger partial charge in [-0.15, -0.1) is 22.7 Å². The fourth-order valence-electron chi connectivity index (χ4n) is 12.0. The summed E-state index contributed by atoms with van der Waals surface area (Å²) >= 11 is 3.13. The normalized spacial score (nSPS) is 13.9. The van der Waals surface area contributed by atoms with Crippen molar-refractivity contribution in [1.29, 1.82) is 5.26 Å². The molecule has 0 radical (unpaired) electrons. The maximum atomic E-state index is 11.6. The molecule has 2 aliphatic rings. The minimum atomic E-state index is -1.24. The van der Waals surface area contributed by atoms with Gasteiger partial charge >= 0.3 is 5.97 Å². The van der Waals surface area contributed by atoms with Crippen molar-refractivity contribution in [1.82, 2.24) is 0 Å². The summed E-state index contributed by atoms with van der Waals surface area (Å²) in [4.78, 5) is 17.9. The number of anilines is 3. The van der Waals surface area contributed by atoms with Crippen molar-refractivity contribution < 1.29 is 15.0 Å². The van der Waals surface area contributed by atoms with Gasteiger partial charge in [0.2, 0.25) is 0 Å². The quantitative estimate of drug-likeness (QED) is 0.0623. The largest absolute Gasteiger partial charge is 0.508 e. The number of carbonyl (C=O) groups is 1. The molecule has 0 saturated heterocycles. The van der Waals surface area contributed by atoms with E-state index in [4.69, 9.17) is 0 Å². The van der Waals surface area contributed by atoms with Gasteiger partial charge in [-0.1, -0.05) is 146 Å². The molecule has 71 heavy (non-hydrogen) atoms. The molecule has 6 aromatic carbocycles. The molecule has 10 rings (SSSR count). The summed E-state index contributed by atoms with van der Waals surface area (Å²) in [6, 6.07) is 53.1. The van der Waals surface area contributed by atoms with E-state index in [2.05, 4.69) is 148 Å². The zero-order valence-corrected chi connectivity index (χ0v) is 43.0. The van der Waals surface area contributed by atoms with Crippen LogP contribution in [0.4, 0.5) is 17.1 Å². The van der Waals surface area contributed by atoms with Gasteiger partial charge in [0.1, 0.15) is 17.4 Å². The second kappa shape index (κ2) is 20.2. The number of aliphatic carboxylic acids is 1. The Morgan fingerprint density at radius 2 is 1.04 bits per heavy atom. The van der Waals surface area contributed by atoms with E-state index >= 15 is 0 Å². The van der Waals surface area contributed by atoms with Crippen LogP contribution in [-0.2, 0) is 15.6 Å². The molecule has 8 aromatic rings. The lowest BCUT2D eigenvalue weighted by Gasteiger charge is -2.35. The van der Waals surface area contributed by atoms with Gasteiger partial charge in [0.15, 0.2) is 0 Å². The summed E-state index contributed by atoms with van der Waals surface area (Å²) in [5.74, 6) is -1.03. The van der Waals surface area contributed by atoms with Crippen molar-refractivity contribution in [3.63, 3.8) is 0 Å². The summed E-state index contributed by atoms with van der Waals surface area (Å²) in [6.45, 7) is 9.27. The molecule has 358 valence electrons. The number of carboxylic acid groups (broad SMARTS) is 1. The Labute approximate surface area is 427 Å².